The third-order valence-electron chi connectivity index (χ3n) is 1.92. The average Bonchev–Trinajstić information content (AvgIpc) is 2.17. The zero-order valence-electron chi connectivity index (χ0n) is 8.69. The number of rotatable bonds is 3. The van der Waals surface area contributed by atoms with Crippen molar-refractivity contribution in [3.63, 3.8) is 0 Å². The zero-order valence-corrected chi connectivity index (χ0v) is 9.51. The van der Waals surface area contributed by atoms with E-state index in [4.69, 9.17) is 0 Å². The van der Waals surface area contributed by atoms with Crippen molar-refractivity contribution < 1.29 is 18.3 Å². The van der Waals surface area contributed by atoms with Gasteiger partial charge in [0.05, 0.1) is 6.10 Å². The van der Waals surface area contributed by atoms with Crippen LogP contribution in [0.2, 0.25) is 0 Å². The molecule has 1 rings (SSSR count). The second-order valence-corrected chi connectivity index (χ2v) is 4.72. The van der Waals surface area contributed by atoms with Gasteiger partial charge in [-0.15, -0.1) is 10.2 Å². The van der Waals surface area contributed by atoms with Gasteiger partial charge in [-0.05, 0) is 19.1 Å². The van der Waals surface area contributed by atoms with E-state index in [-0.39, 0.29) is 5.25 Å². The molecule has 0 bridgehead atoms. The van der Waals surface area contributed by atoms with Gasteiger partial charge in [-0.25, -0.2) is 0 Å². The van der Waals surface area contributed by atoms with Crippen molar-refractivity contribution in [3.05, 3.63) is 17.8 Å². The molecule has 1 N–H and O–H groups in total. The summed E-state index contributed by atoms with van der Waals surface area (Å²) in [4.78, 5) is 0. The van der Waals surface area contributed by atoms with Gasteiger partial charge in [-0.3, -0.25) is 0 Å². The van der Waals surface area contributed by atoms with Crippen molar-refractivity contribution in [2.24, 2.45) is 0 Å². The molecular weight excluding hydrogens is 241 g/mol. The number of alkyl halides is 3. The summed E-state index contributed by atoms with van der Waals surface area (Å²) < 4.78 is 36.5. The van der Waals surface area contributed by atoms with Gasteiger partial charge >= 0.3 is 6.18 Å². The number of hydrogen-bond donors (Lipinski definition) is 1. The zero-order chi connectivity index (χ0) is 12.3. The molecule has 0 aliphatic heterocycles. The third-order valence-corrected chi connectivity index (χ3v) is 3.14. The van der Waals surface area contributed by atoms with Crippen LogP contribution < -0.4 is 0 Å². The maximum atomic E-state index is 12.2. The van der Waals surface area contributed by atoms with E-state index in [1.54, 1.807) is 13.8 Å². The Morgan fingerprint density at radius 3 is 2.25 bits per heavy atom. The second kappa shape index (κ2) is 5.01. The number of thioether (sulfide) groups is 1. The summed E-state index contributed by atoms with van der Waals surface area (Å²) in [5, 5.41) is 16.0. The molecule has 1 heterocycles. The maximum absolute atomic E-state index is 12.2. The normalized spacial score (nSPS) is 15.9. The molecule has 2 unspecified atom stereocenters. The van der Waals surface area contributed by atoms with Crippen molar-refractivity contribution >= 4 is 11.8 Å². The number of aliphatic hydroxyl groups excluding tert-OH is 1. The Morgan fingerprint density at radius 1 is 1.25 bits per heavy atom. The third kappa shape index (κ3) is 3.64. The topological polar surface area (TPSA) is 46.0 Å². The molecule has 90 valence electrons. The van der Waals surface area contributed by atoms with Crippen molar-refractivity contribution in [1.29, 1.82) is 0 Å². The first-order chi connectivity index (χ1) is 7.30. The first kappa shape index (κ1) is 13.2. The lowest BCUT2D eigenvalue weighted by Crippen LogP contribution is -2.15. The van der Waals surface area contributed by atoms with Crippen LogP contribution in [0.15, 0.2) is 17.2 Å². The van der Waals surface area contributed by atoms with Crippen molar-refractivity contribution in [2.45, 2.75) is 36.4 Å². The van der Waals surface area contributed by atoms with Gasteiger partial charge in [-0.2, -0.15) is 13.2 Å². The summed E-state index contributed by atoms with van der Waals surface area (Å²) in [5.74, 6) is 0. The Kier molecular flexibility index (Phi) is 4.15. The SMILES string of the molecule is CC(O)C(C)Sc1ccc(C(F)(F)F)nn1. The highest BCUT2D eigenvalue weighted by Gasteiger charge is 2.32. The Morgan fingerprint density at radius 2 is 1.88 bits per heavy atom. The summed E-state index contributed by atoms with van der Waals surface area (Å²) >= 11 is 1.18. The molecule has 0 spiro atoms. The van der Waals surface area contributed by atoms with Crippen LogP contribution in [0.1, 0.15) is 19.5 Å². The van der Waals surface area contributed by atoms with Gasteiger partial charge in [0.1, 0.15) is 5.03 Å². The van der Waals surface area contributed by atoms with Gasteiger partial charge in [-0.1, -0.05) is 18.7 Å². The van der Waals surface area contributed by atoms with E-state index in [1.807, 2.05) is 0 Å². The van der Waals surface area contributed by atoms with Crippen LogP contribution in [-0.4, -0.2) is 26.7 Å². The molecule has 0 fully saturated rings. The monoisotopic (exact) mass is 252 g/mol. The fourth-order valence-corrected chi connectivity index (χ4v) is 1.64. The molecule has 0 saturated heterocycles. The van der Waals surface area contributed by atoms with E-state index in [0.29, 0.717) is 5.03 Å². The summed E-state index contributed by atoms with van der Waals surface area (Å²) in [6, 6.07) is 2.13. The quantitative estimate of drug-likeness (QED) is 0.839. The van der Waals surface area contributed by atoms with E-state index < -0.39 is 18.0 Å². The summed E-state index contributed by atoms with van der Waals surface area (Å²) in [6.45, 7) is 3.36. The van der Waals surface area contributed by atoms with Gasteiger partial charge in [0.2, 0.25) is 0 Å². The molecule has 1 aromatic heterocycles. The van der Waals surface area contributed by atoms with Crippen LogP contribution in [-0.2, 0) is 6.18 Å². The van der Waals surface area contributed by atoms with Gasteiger partial charge in [0.15, 0.2) is 5.69 Å². The van der Waals surface area contributed by atoms with Crippen LogP contribution in [0.4, 0.5) is 13.2 Å². The lowest BCUT2D eigenvalue weighted by Gasteiger charge is -2.13. The molecule has 0 aromatic carbocycles. The second-order valence-electron chi connectivity index (χ2n) is 3.32. The van der Waals surface area contributed by atoms with Crippen LogP contribution in [0, 0.1) is 0 Å². The van der Waals surface area contributed by atoms with Crippen molar-refractivity contribution in [3.8, 4) is 0 Å². The minimum Gasteiger partial charge on any atom is -0.392 e. The van der Waals surface area contributed by atoms with Gasteiger partial charge < -0.3 is 5.11 Å². The Hall–Kier alpha value is -0.820. The number of halogens is 3. The molecule has 1 aromatic rings. The number of hydrogen-bond acceptors (Lipinski definition) is 4. The number of aliphatic hydroxyl groups is 1. The number of nitrogens with zero attached hydrogens (tertiary/aromatic N) is 2. The first-order valence-electron chi connectivity index (χ1n) is 4.56. The minimum absolute atomic E-state index is 0.147. The Bertz CT molecular complexity index is 340. The van der Waals surface area contributed by atoms with E-state index in [0.717, 1.165) is 6.07 Å². The smallest absolute Gasteiger partial charge is 0.392 e. The van der Waals surface area contributed by atoms with E-state index >= 15 is 0 Å². The van der Waals surface area contributed by atoms with Crippen LogP contribution in [0.5, 0.6) is 0 Å². The van der Waals surface area contributed by atoms with E-state index in [2.05, 4.69) is 10.2 Å². The minimum atomic E-state index is -4.47. The number of aromatic nitrogens is 2. The molecule has 2 atom stereocenters. The maximum Gasteiger partial charge on any atom is 0.435 e. The highest BCUT2D eigenvalue weighted by Crippen LogP contribution is 2.29. The summed E-state index contributed by atoms with van der Waals surface area (Å²) in [6.07, 6.45) is -5.03. The molecule has 3 nitrogen and oxygen atoms in total. The molecule has 0 aliphatic carbocycles. The molecule has 16 heavy (non-hydrogen) atoms. The molecular formula is C9H11F3N2OS. The largest absolute Gasteiger partial charge is 0.435 e. The first-order valence-corrected chi connectivity index (χ1v) is 5.44. The summed E-state index contributed by atoms with van der Waals surface area (Å²) in [7, 11) is 0. The van der Waals surface area contributed by atoms with E-state index in [9.17, 15) is 18.3 Å². The average molecular weight is 252 g/mol. The van der Waals surface area contributed by atoms with Crippen molar-refractivity contribution in [2.75, 3.05) is 0 Å². The Labute approximate surface area is 95.1 Å². The lowest BCUT2D eigenvalue weighted by atomic mass is 10.3. The van der Waals surface area contributed by atoms with Gasteiger partial charge in [0, 0.05) is 5.25 Å². The highest BCUT2D eigenvalue weighted by atomic mass is 32.2. The molecule has 0 aliphatic rings. The standard InChI is InChI=1S/C9H11F3N2OS/c1-5(15)6(2)16-8-4-3-7(13-14-8)9(10,11)12/h3-6,15H,1-2H3. The van der Waals surface area contributed by atoms with Crippen LogP contribution in [0.25, 0.3) is 0 Å². The molecule has 0 amide bonds. The fourth-order valence-electron chi connectivity index (χ4n) is 0.823. The summed E-state index contributed by atoms with van der Waals surface area (Å²) in [5.41, 5.74) is -1.01. The van der Waals surface area contributed by atoms with Gasteiger partial charge in [0.25, 0.3) is 0 Å². The van der Waals surface area contributed by atoms with Crippen LogP contribution in [0.3, 0.4) is 0 Å². The fraction of sp³-hybridized carbons (Fsp3) is 0.556. The van der Waals surface area contributed by atoms with Crippen molar-refractivity contribution in [1.82, 2.24) is 10.2 Å². The highest BCUT2D eigenvalue weighted by molar-refractivity contribution is 7.99. The predicted octanol–water partition coefficient (Wildman–Crippen LogP) is 2.36. The van der Waals surface area contributed by atoms with Crippen LogP contribution >= 0.6 is 11.8 Å². The molecule has 0 radical (unpaired) electrons. The lowest BCUT2D eigenvalue weighted by molar-refractivity contribution is -0.141. The molecule has 0 saturated carbocycles. The predicted molar refractivity (Wildman–Crippen MR) is 54.0 cm³/mol. The van der Waals surface area contributed by atoms with E-state index in [1.165, 1.54) is 17.8 Å². The Balaban J connectivity index is 2.72. The molecule has 7 heteroatoms.